The Bertz CT molecular complexity index is 348. The lowest BCUT2D eigenvalue weighted by Crippen LogP contribution is -2.48. The van der Waals surface area contributed by atoms with Crippen molar-refractivity contribution in [1.29, 1.82) is 0 Å². The highest BCUT2D eigenvalue weighted by Gasteiger charge is 2.16. The van der Waals surface area contributed by atoms with E-state index in [2.05, 4.69) is 21.7 Å². The van der Waals surface area contributed by atoms with Crippen molar-refractivity contribution in [1.82, 2.24) is 15.5 Å². The van der Waals surface area contributed by atoms with Crippen LogP contribution in [0.3, 0.4) is 0 Å². The molecule has 0 rings (SSSR count). The minimum Gasteiger partial charge on any atom is -0.357 e. The molecule has 0 aliphatic heterocycles. The maximum atomic E-state index is 11.9. The first-order valence-electron chi connectivity index (χ1n) is 7.21. The van der Waals surface area contributed by atoms with Crippen molar-refractivity contribution in [2.75, 3.05) is 26.7 Å². The molecule has 2 N–H and O–H groups in total. The molecule has 1 amide bonds. The van der Waals surface area contributed by atoms with Crippen LogP contribution in [-0.4, -0.2) is 49.0 Å². The fourth-order valence-corrected chi connectivity index (χ4v) is 1.63. The summed E-state index contributed by atoms with van der Waals surface area (Å²) in [5, 5.41) is 6.15. The zero-order valence-electron chi connectivity index (χ0n) is 14.2. The molecule has 0 fully saturated rings. The minimum absolute atomic E-state index is 0. The van der Waals surface area contributed by atoms with Gasteiger partial charge in [0, 0.05) is 25.7 Å². The van der Waals surface area contributed by atoms with Crippen LogP contribution in [0.5, 0.6) is 0 Å². The standard InChI is InChI=1S/C15H30N4O.HI/c1-7-9-10-11-17-14(16-8-2)19(6)12-13(20)18-15(3,4)5;/h7,9H,8,10-12H2,1-6H3,(H,16,17)(H,18,20);1H/b9-7+;. The van der Waals surface area contributed by atoms with Gasteiger partial charge < -0.3 is 15.5 Å². The maximum Gasteiger partial charge on any atom is 0.240 e. The van der Waals surface area contributed by atoms with Gasteiger partial charge in [0.05, 0.1) is 6.54 Å². The first kappa shape index (κ1) is 22.5. The average Bonchev–Trinajstić information content (AvgIpc) is 2.30. The highest BCUT2D eigenvalue weighted by molar-refractivity contribution is 14.0. The fourth-order valence-electron chi connectivity index (χ4n) is 1.63. The average molecular weight is 410 g/mol. The lowest BCUT2D eigenvalue weighted by molar-refractivity contribution is -0.122. The molecular weight excluding hydrogens is 379 g/mol. The molecule has 0 aromatic rings. The number of likely N-dealkylation sites (N-methyl/N-ethyl adjacent to an activating group) is 1. The normalized spacial score (nSPS) is 12.0. The molecule has 21 heavy (non-hydrogen) atoms. The number of hydrogen-bond acceptors (Lipinski definition) is 2. The van der Waals surface area contributed by atoms with E-state index in [-0.39, 0.29) is 35.4 Å². The van der Waals surface area contributed by atoms with Gasteiger partial charge in [0.25, 0.3) is 0 Å². The molecule has 5 nitrogen and oxygen atoms in total. The van der Waals surface area contributed by atoms with Gasteiger partial charge in [-0.2, -0.15) is 0 Å². The zero-order chi connectivity index (χ0) is 15.6. The summed E-state index contributed by atoms with van der Waals surface area (Å²) in [6.45, 7) is 11.7. The van der Waals surface area contributed by atoms with Gasteiger partial charge in [0.2, 0.25) is 5.91 Å². The molecule has 124 valence electrons. The second kappa shape index (κ2) is 11.8. The summed E-state index contributed by atoms with van der Waals surface area (Å²) < 4.78 is 0. The molecule has 0 saturated carbocycles. The number of carbonyl (C=O) groups is 1. The summed E-state index contributed by atoms with van der Waals surface area (Å²) in [6.07, 6.45) is 5.01. The zero-order valence-corrected chi connectivity index (χ0v) is 16.5. The highest BCUT2D eigenvalue weighted by Crippen LogP contribution is 1.98. The van der Waals surface area contributed by atoms with E-state index in [4.69, 9.17) is 0 Å². The summed E-state index contributed by atoms with van der Waals surface area (Å²) in [5.41, 5.74) is -0.209. The third kappa shape index (κ3) is 12.6. The summed E-state index contributed by atoms with van der Waals surface area (Å²) >= 11 is 0. The number of aliphatic imine (C=N–C) groups is 1. The third-order valence-corrected chi connectivity index (χ3v) is 2.38. The molecule has 0 aromatic heterocycles. The Balaban J connectivity index is 0. The van der Waals surface area contributed by atoms with Gasteiger partial charge in [-0.05, 0) is 41.0 Å². The number of allylic oxidation sites excluding steroid dienone is 1. The van der Waals surface area contributed by atoms with Crippen molar-refractivity contribution in [3.63, 3.8) is 0 Å². The van der Waals surface area contributed by atoms with Crippen LogP contribution in [0.25, 0.3) is 0 Å². The molecule has 0 unspecified atom stereocenters. The predicted octanol–water partition coefficient (Wildman–Crippen LogP) is 2.38. The Hall–Kier alpha value is -0.790. The summed E-state index contributed by atoms with van der Waals surface area (Å²) in [7, 11) is 1.87. The molecule has 0 atom stereocenters. The van der Waals surface area contributed by atoms with Crippen molar-refractivity contribution in [2.24, 2.45) is 4.99 Å². The number of carbonyl (C=O) groups excluding carboxylic acids is 1. The molecule has 6 heteroatoms. The van der Waals surface area contributed by atoms with E-state index >= 15 is 0 Å². The van der Waals surface area contributed by atoms with Crippen LogP contribution in [0.2, 0.25) is 0 Å². The topological polar surface area (TPSA) is 56.7 Å². The Morgan fingerprint density at radius 3 is 2.43 bits per heavy atom. The molecule has 0 aromatic carbocycles. The minimum atomic E-state index is -0.209. The van der Waals surface area contributed by atoms with Crippen molar-refractivity contribution in [3.05, 3.63) is 12.2 Å². The van der Waals surface area contributed by atoms with E-state index in [1.807, 2.05) is 52.6 Å². The predicted molar refractivity (Wildman–Crippen MR) is 101 cm³/mol. The van der Waals surface area contributed by atoms with Crippen molar-refractivity contribution in [2.45, 2.75) is 46.6 Å². The van der Waals surface area contributed by atoms with Crippen LogP contribution in [0.4, 0.5) is 0 Å². The Kier molecular flexibility index (Phi) is 12.7. The number of amides is 1. The van der Waals surface area contributed by atoms with Gasteiger partial charge in [-0.15, -0.1) is 24.0 Å². The quantitative estimate of drug-likeness (QED) is 0.233. The van der Waals surface area contributed by atoms with Crippen LogP contribution in [0.15, 0.2) is 17.1 Å². The van der Waals surface area contributed by atoms with E-state index < -0.39 is 0 Å². The number of nitrogens with zero attached hydrogens (tertiary/aromatic N) is 2. The SMILES string of the molecule is C/C=C/CCN=C(NCC)N(C)CC(=O)NC(C)(C)C.I. The fraction of sp³-hybridized carbons (Fsp3) is 0.733. The van der Waals surface area contributed by atoms with Crippen LogP contribution < -0.4 is 10.6 Å². The molecule has 0 saturated heterocycles. The van der Waals surface area contributed by atoms with Gasteiger partial charge in [0.15, 0.2) is 5.96 Å². The number of nitrogens with one attached hydrogen (secondary N) is 2. The van der Waals surface area contributed by atoms with E-state index in [0.29, 0.717) is 6.54 Å². The Morgan fingerprint density at radius 1 is 1.33 bits per heavy atom. The number of rotatable bonds is 6. The summed E-state index contributed by atoms with van der Waals surface area (Å²) in [6, 6.07) is 0. The van der Waals surface area contributed by atoms with Crippen LogP contribution in [0, 0.1) is 0 Å². The second-order valence-electron chi connectivity index (χ2n) is 5.75. The second-order valence-corrected chi connectivity index (χ2v) is 5.75. The Morgan fingerprint density at radius 2 is 1.95 bits per heavy atom. The molecule has 0 radical (unpaired) electrons. The third-order valence-electron chi connectivity index (χ3n) is 2.38. The molecule has 0 heterocycles. The van der Waals surface area contributed by atoms with Gasteiger partial charge >= 0.3 is 0 Å². The van der Waals surface area contributed by atoms with Crippen LogP contribution in [0.1, 0.15) is 41.0 Å². The maximum absolute atomic E-state index is 11.9. The molecular formula is C15H31IN4O. The smallest absolute Gasteiger partial charge is 0.240 e. The summed E-state index contributed by atoms with van der Waals surface area (Å²) in [5.74, 6) is 0.764. The first-order valence-corrected chi connectivity index (χ1v) is 7.21. The van der Waals surface area contributed by atoms with Crippen molar-refractivity contribution in [3.8, 4) is 0 Å². The van der Waals surface area contributed by atoms with Gasteiger partial charge in [0.1, 0.15) is 0 Å². The van der Waals surface area contributed by atoms with E-state index in [9.17, 15) is 4.79 Å². The number of guanidine groups is 1. The summed E-state index contributed by atoms with van der Waals surface area (Å²) in [4.78, 5) is 18.3. The van der Waals surface area contributed by atoms with Crippen molar-refractivity contribution >= 4 is 35.8 Å². The Labute approximate surface area is 146 Å². The van der Waals surface area contributed by atoms with E-state index in [1.54, 1.807) is 0 Å². The largest absolute Gasteiger partial charge is 0.357 e. The number of hydrogen-bond donors (Lipinski definition) is 2. The number of halogens is 1. The molecule has 0 aliphatic rings. The highest BCUT2D eigenvalue weighted by atomic mass is 127. The van der Waals surface area contributed by atoms with Gasteiger partial charge in [-0.25, -0.2) is 0 Å². The van der Waals surface area contributed by atoms with Crippen LogP contribution >= 0.6 is 24.0 Å². The lowest BCUT2D eigenvalue weighted by Gasteiger charge is -2.25. The molecule has 0 spiro atoms. The van der Waals surface area contributed by atoms with E-state index in [1.165, 1.54) is 0 Å². The first-order chi connectivity index (χ1) is 9.30. The molecule has 0 aliphatic carbocycles. The lowest BCUT2D eigenvalue weighted by atomic mass is 10.1. The molecule has 0 bridgehead atoms. The van der Waals surface area contributed by atoms with Gasteiger partial charge in [-0.1, -0.05) is 12.2 Å². The van der Waals surface area contributed by atoms with Crippen molar-refractivity contribution < 1.29 is 4.79 Å². The van der Waals surface area contributed by atoms with E-state index in [0.717, 1.165) is 25.5 Å². The monoisotopic (exact) mass is 410 g/mol. The van der Waals surface area contributed by atoms with Gasteiger partial charge in [-0.3, -0.25) is 9.79 Å². The van der Waals surface area contributed by atoms with Crippen LogP contribution in [-0.2, 0) is 4.79 Å².